The Kier molecular flexibility index (Phi) is 2.53. The fourth-order valence-electron chi connectivity index (χ4n) is 2.48. The zero-order valence-electron chi connectivity index (χ0n) is 9.65. The number of rotatable bonds is 1. The molecule has 3 rings (SSSR count). The van der Waals surface area contributed by atoms with Crippen molar-refractivity contribution in [3.63, 3.8) is 0 Å². The van der Waals surface area contributed by atoms with Gasteiger partial charge in [-0.3, -0.25) is 0 Å². The maximum Gasteiger partial charge on any atom is 0.0569 e. The van der Waals surface area contributed by atoms with Crippen molar-refractivity contribution >= 4 is 33.1 Å². The van der Waals surface area contributed by atoms with Crippen LogP contribution in [0.3, 0.4) is 0 Å². The van der Waals surface area contributed by atoms with Crippen LogP contribution < -0.4 is 0 Å². The van der Waals surface area contributed by atoms with Crippen LogP contribution in [0.25, 0.3) is 21.5 Å². The summed E-state index contributed by atoms with van der Waals surface area (Å²) < 4.78 is 0. The molecule has 0 saturated carbocycles. The van der Waals surface area contributed by atoms with Gasteiger partial charge in [-0.15, -0.1) is 11.6 Å². The predicted octanol–water partition coefficient (Wildman–Crippen LogP) is 5.29. The van der Waals surface area contributed by atoms with Gasteiger partial charge in [-0.25, -0.2) is 0 Å². The average molecular weight is 241 g/mol. The largest absolute Gasteiger partial charge is 0.118 e. The minimum atomic E-state index is 0.0194. The van der Waals surface area contributed by atoms with Crippen molar-refractivity contribution in [1.29, 1.82) is 0 Å². The molecule has 0 aliphatic heterocycles. The summed E-state index contributed by atoms with van der Waals surface area (Å²) in [5.74, 6) is 0. The molecular weight excluding hydrogens is 228 g/mol. The van der Waals surface area contributed by atoms with Gasteiger partial charge in [0.2, 0.25) is 0 Å². The molecule has 0 aromatic heterocycles. The summed E-state index contributed by atoms with van der Waals surface area (Å²) in [5, 5.41) is 5.05. The van der Waals surface area contributed by atoms with Crippen LogP contribution in [0.15, 0.2) is 54.6 Å². The summed E-state index contributed by atoms with van der Waals surface area (Å²) in [6.07, 6.45) is 0. The molecular formula is C16H13Cl. The third-order valence-electron chi connectivity index (χ3n) is 3.21. The first-order valence-electron chi connectivity index (χ1n) is 5.82. The normalized spacial score (nSPS) is 13.1. The van der Waals surface area contributed by atoms with E-state index >= 15 is 0 Å². The molecule has 3 aromatic rings. The van der Waals surface area contributed by atoms with Gasteiger partial charge < -0.3 is 0 Å². The van der Waals surface area contributed by atoms with Crippen molar-refractivity contribution in [2.75, 3.05) is 0 Å². The van der Waals surface area contributed by atoms with Gasteiger partial charge in [0.15, 0.2) is 0 Å². The molecule has 0 saturated heterocycles. The maximum atomic E-state index is 6.36. The summed E-state index contributed by atoms with van der Waals surface area (Å²) in [6, 6.07) is 19.1. The van der Waals surface area contributed by atoms with Crippen molar-refractivity contribution in [2.24, 2.45) is 0 Å². The highest BCUT2D eigenvalue weighted by Crippen LogP contribution is 2.35. The first-order chi connectivity index (χ1) is 8.27. The van der Waals surface area contributed by atoms with Crippen LogP contribution in [-0.2, 0) is 0 Å². The van der Waals surface area contributed by atoms with Crippen LogP contribution in [0.1, 0.15) is 17.9 Å². The standard InChI is InChI=1S/C16H13Cl/c1-11(17)16-14-8-4-2-6-12(14)10-13-7-3-5-9-15(13)16/h2-11H,1H3. The lowest BCUT2D eigenvalue weighted by Gasteiger charge is -2.13. The van der Waals surface area contributed by atoms with E-state index < -0.39 is 0 Å². The summed E-state index contributed by atoms with van der Waals surface area (Å²) in [7, 11) is 0. The number of alkyl halides is 1. The number of benzene rings is 3. The van der Waals surface area contributed by atoms with E-state index in [1.165, 1.54) is 27.1 Å². The molecule has 0 spiro atoms. The smallest absolute Gasteiger partial charge is 0.0569 e. The lowest BCUT2D eigenvalue weighted by molar-refractivity contribution is 1.12. The highest BCUT2D eigenvalue weighted by Gasteiger charge is 2.11. The molecule has 17 heavy (non-hydrogen) atoms. The molecule has 0 aliphatic carbocycles. The van der Waals surface area contributed by atoms with Crippen LogP contribution in [0.4, 0.5) is 0 Å². The van der Waals surface area contributed by atoms with Gasteiger partial charge in [0, 0.05) is 0 Å². The Labute approximate surface area is 106 Å². The van der Waals surface area contributed by atoms with Crippen LogP contribution in [0, 0.1) is 0 Å². The van der Waals surface area contributed by atoms with Crippen molar-refractivity contribution in [2.45, 2.75) is 12.3 Å². The minimum Gasteiger partial charge on any atom is -0.118 e. The molecule has 84 valence electrons. The van der Waals surface area contributed by atoms with Gasteiger partial charge in [-0.1, -0.05) is 48.5 Å². The quantitative estimate of drug-likeness (QED) is 0.400. The second-order valence-corrected chi connectivity index (χ2v) is 5.00. The van der Waals surface area contributed by atoms with E-state index in [-0.39, 0.29) is 5.38 Å². The lowest BCUT2D eigenvalue weighted by Crippen LogP contribution is -1.90. The Hall–Kier alpha value is -1.53. The maximum absolute atomic E-state index is 6.36. The van der Waals surface area contributed by atoms with E-state index in [0.717, 1.165) is 0 Å². The van der Waals surface area contributed by atoms with E-state index in [1.807, 2.05) is 6.92 Å². The molecule has 0 nitrogen and oxygen atoms in total. The molecule has 3 aromatic carbocycles. The van der Waals surface area contributed by atoms with Crippen molar-refractivity contribution in [3.8, 4) is 0 Å². The molecule has 1 heteroatoms. The molecule has 1 unspecified atom stereocenters. The van der Waals surface area contributed by atoms with Crippen molar-refractivity contribution < 1.29 is 0 Å². The predicted molar refractivity (Wildman–Crippen MR) is 75.7 cm³/mol. The minimum absolute atomic E-state index is 0.0194. The van der Waals surface area contributed by atoms with E-state index in [9.17, 15) is 0 Å². The van der Waals surface area contributed by atoms with Gasteiger partial charge in [0.1, 0.15) is 0 Å². The number of halogens is 1. The monoisotopic (exact) mass is 240 g/mol. The number of fused-ring (bicyclic) bond motifs is 2. The fourth-order valence-corrected chi connectivity index (χ4v) is 2.71. The van der Waals surface area contributed by atoms with E-state index in [0.29, 0.717) is 0 Å². The summed E-state index contributed by atoms with van der Waals surface area (Å²) in [6.45, 7) is 2.04. The van der Waals surface area contributed by atoms with Gasteiger partial charge in [-0.2, -0.15) is 0 Å². The van der Waals surface area contributed by atoms with Gasteiger partial charge in [-0.05, 0) is 40.1 Å². The molecule has 0 amide bonds. The Morgan fingerprint density at radius 2 is 1.29 bits per heavy atom. The molecule has 0 fully saturated rings. The van der Waals surface area contributed by atoms with Gasteiger partial charge in [0.25, 0.3) is 0 Å². The summed E-state index contributed by atoms with van der Waals surface area (Å²) >= 11 is 6.36. The number of hydrogen-bond acceptors (Lipinski definition) is 0. The first kappa shape index (κ1) is 10.6. The van der Waals surface area contributed by atoms with Crippen LogP contribution in [0.2, 0.25) is 0 Å². The molecule has 0 N–H and O–H groups in total. The Morgan fingerprint density at radius 3 is 1.76 bits per heavy atom. The second-order valence-electron chi connectivity index (χ2n) is 4.35. The average Bonchev–Trinajstić information content (AvgIpc) is 2.35. The summed E-state index contributed by atoms with van der Waals surface area (Å²) in [5.41, 5.74) is 1.24. The fraction of sp³-hybridized carbons (Fsp3) is 0.125. The van der Waals surface area contributed by atoms with Crippen LogP contribution in [0.5, 0.6) is 0 Å². The Balaban J connectivity index is 2.56. The van der Waals surface area contributed by atoms with Crippen molar-refractivity contribution in [3.05, 3.63) is 60.2 Å². The van der Waals surface area contributed by atoms with E-state index in [4.69, 9.17) is 11.6 Å². The highest BCUT2D eigenvalue weighted by molar-refractivity contribution is 6.23. The Bertz CT molecular complexity index is 629. The van der Waals surface area contributed by atoms with E-state index in [2.05, 4.69) is 54.6 Å². The third kappa shape index (κ3) is 1.69. The Morgan fingerprint density at radius 1 is 0.824 bits per heavy atom. The zero-order valence-corrected chi connectivity index (χ0v) is 10.4. The summed E-state index contributed by atoms with van der Waals surface area (Å²) in [4.78, 5) is 0. The van der Waals surface area contributed by atoms with Crippen LogP contribution >= 0.6 is 11.6 Å². The molecule has 0 radical (unpaired) electrons. The lowest BCUT2D eigenvalue weighted by atomic mass is 9.95. The van der Waals surface area contributed by atoms with E-state index in [1.54, 1.807) is 0 Å². The first-order valence-corrected chi connectivity index (χ1v) is 6.25. The topological polar surface area (TPSA) is 0 Å². The molecule has 1 atom stereocenters. The molecule has 0 aliphatic rings. The zero-order chi connectivity index (χ0) is 11.8. The van der Waals surface area contributed by atoms with Crippen molar-refractivity contribution in [1.82, 2.24) is 0 Å². The third-order valence-corrected chi connectivity index (χ3v) is 3.43. The molecule has 0 heterocycles. The van der Waals surface area contributed by atoms with Crippen LogP contribution in [-0.4, -0.2) is 0 Å². The second kappa shape index (κ2) is 4.05. The van der Waals surface area contributed by atoms with Gasteiger partial charge >= 0.3 is 0 Å². The molecule has 0 bridgehead atoms. The SMILES string of the molecule is CC(Cl)c1c2ccccc2cc2ccccc12. The number of hydrogen-bond donors (Lipinski definition) is 0. The van der Waals surface area contributed by atoms with Gasteiger partial charge in [0.05, 0.1) is 5.38 Å². The highest BCUT2D eigenvalue weighted by atomic mass is 35.5.